The van der Waals surface area contributed by atoms with E-state index >= 15 is 0 Å². The van der Waals surface area contributed by atoms with Gasteiger partial charge in [-0.3, -0.25) is 14.5 Å². The smallest absolute Gasteiger partial charge is 0.313 e. The van der Waals surface area contributed by atoms with Gasteiger partial charge < -0.3 is 15.1 Å². The molecule has 6 heteroatoms. The van der Waals surface area contributed by atoms with Gasteiger partial charge in [-0.2, -0.15) is 0 Å². The van der Waals surface area contributed by atoms with Crippen LogP contribution in [0, 0.1) is 5.92 Å². The fourth-order valence-electron chi connectivity index (χ4n) is 3.30. The summed E-state index contributed by atoms with van der Waals surface area (Å²) < 4.78 is 5.39. The van der Waals surface area contributed by atoms with Crippen molar-refractivity contribution < 1.29 is 14.0 Å². The van der Waals surface area contributed by atoms with E-state index in [1.807, 2.05) is 36.4 Å². The van der Waals surface area contributed by atoms with Gasteiger partial charge >= 0.3 is 11.8 Å². The average Bonchev–Trinajstić information content (AvgIpc) is 3.21. The summed E-state index contributed by atoms with van der Waals surface area (Å²) in [7, 11) is 0. The van der Waals surface area contributed by atoms with Crippen LogP contribution < -0.4 is 10.6 Å². The van der Waals surface area contributed by atoms with Crippen molar-refractivity contribution in [3.63, 3.8) is 0 Å². The van der Waals surface area contributed by atoms with Crippen LogP contribution in [0.2, 0.25) is 0 Å². The van der Waals surface area contributed by atoms with Crippen LogP contribution in [0.3, 0.4) is 0 Å². The molecule has 144 valence electrons. The summed E-state index contributed by atoms with van der Waals surface area (Å²) in [6.07, 6.45) is 4.64. The number of benzene rings is 1. The molecule has 0 radical (unpaired) electrons. The third-order valence-corrected chi connectivity index (χ3v) is 5.04. The number of rotatable bonds is 6. The molecule has 0 unspecified atom stereocenters. The van der Waals surface area contributed by atoms with E-state index in [4.69, 9.17) is 4.42 Å². The van der Waals surface area contributed by atoms with Crippen LogP contribution in [0.15, 0.2) is 47.1 Å². The molecule has 0 atom stereocenters. The first-order chi connectivity index (χ1) is 13.1. The lowest BCUT2D eigenvalue weighted by molar-refractivity contribution is -0.136. The molecule has 0 saturated carbocycles. The number of nitrogens with one attached hydrogen (secondary N) is 2. The van der Waals surface area contributed by atoms with E-state index in [2.05, 4.69) is 22.5 Å². The fourth-order valence-corrected chi connectivity index (χ4v) is 3.30. The first-order valence-corrected chi connectivity index (χ1v) is 9.57. The number of aryl methyl sites for hydroxylation is 1. The normalized spacial score (nSPS) is 15.4. The Kier molecular flexibility index (Phi) is 6.65. The monoisotopic (exact) mass is 369 g/mol. The summed E-state index contributed by atoms with van der Waals surface area (Å²) in [5.74, 6) is 0.186. The molecule has 2 heterocycles. The van der Waals surface area contributed by atoms with Gasteiger partial charge in [0.25, 0.3) is 0 Å². The summed E-state index contributed by atoms with van der Waals surface area (Å²) >= 11 is 0. The number of amides is 2. The number of carbonyl (C=O) groups excluding carboxylic acids is 2. The molecule has 1 fully saturated rings. The number of carbonyl (C=O) groups is 2. The molecule has 1 aliphatic rings. The highest BCUT2D eigenvalue weighted by Gasteiger charge is 2.21. The van der Waals surface area contributed by atoms with E-state index in [-0.39, 0.29) is 0 Å². The van der Waals surface area contributed by atoms with E-state index in [0.717, 1.165) is 44.7 Å². The Labute approximate surface area is 159 Å². The van der Waals surface area contributed by atoms with Crippen LogP contribution in [-0.4, -0.2) is 36.3 Å². The minimum atomic E-state index is -0.616. The predicted octanol–water partition coefficient (Wildman–Crippen LogP) is 2.81. The number of hydrogen-bond donors (Lipinski definition) is 2. The minimum Gasteiger partial charge on any atom is -0.468 e. The van der Waals surface area contributed by atoms with Crippen LogP contribution in [0.5, 0.6) is 0 Å². The lowest BCUT2D eigenvalue weighted by Gasteiger charge is -2.31. The second-order valence-electron chi connectivity index (χ2n) is 7.01. The Morgan fingerprint density at radius 3 is 2.48 bits per heavy atom. The molecule has 27 heavy (non-hydrogen) atoms. The Morgan fingerprint density at radius 2 is 1.85 bits per heavy atom. The van der Waals surface area contributed by atoms with Crippen molar-refractivity contribution in [2.24, 2.45) is 5.92 Å². The minimum absolute atomic E-state index is 0.401. The summed E-state index contributed by atoms with van der Waals surface area (Å²) in [4.78, 5) is 26.4. The number of anilines is 1. The Bertz CT molecular complexity index is 733. The second kappa shape index (κ2) is 9.37. The van der Waals surface area contributed by atoms with Gasteiger partial charge in [-0.05, 0) is 68.1 Å². The van der Waals surface area contributed by atoms with Crippen LogP contribution in [-0.2, 0) is 22.6 Å². The average molecular weight is 369 g/mol. The molecule has 0 bridgehead atoms. The third-order valence-electron chi connectivity index (χ3n) is 5.04. The van der Waals surface area contributed by atoms with Crippen molar-refractivity contribution in [1.29, 1.82) is 0 Å². The van der Waals surface area contributed by atoms with Gasteiger partial charge in [0.05, 0.1) is 12.8 Å². The maximum atomic E-state index is 12.0. The summed E-state index contributed by atoms with van der Waals surface area (Å²) in [5.41, 5.74) is 1.83. The number of likely N-dealkylation sites (tertiary alicyclic amines) is 1. The van der Waals surface area contributed by atoms with Gasteiger partial charge in [0.15, 0.2) is 0 Å². The van der Waals surface area contributed by atoms with Crippen LogP contribution in [0.1, 0.15) is 31.1 Å². The maximum Gasteiger partial charge on any atom is 0.313 e. The summed E-state index contributed by atoms with van der Waals surface area (Å²) in [6.45, 7) is 5.37. The largest absolute Gasteiger partial charge is 0.468 e. The molecule has 2 N–H and O–H groups in total. The molecule has 1 aliphatic heterocycles. The fraction of sp³-hybridized carbons (Fsp3) is 0.429. The Balaban J connectivity index is 1.36. The molecule has 0 aliphatic carbocycles. The Hall–Kier alpha value is -2.60. The van der Waals surface area contributed by atoms with Crippen LogP contribution in [0.25, 0.3) is 0 Å². The molecule has 3 rings (SSSR count). The summed E-state index contributed by atoms with van der Waals surface area (Å²) in [5, 5.41) is 5.41. The van der Waals surface area contributed by atoms with Gasteiger partial charge in [0, 0.05) is 12.2 Å². The molecule has 2 aromatic rings. The van der Waals surface area contributed by atoms with Crippen molar-refractivity contribution in [2.75, 3.05) is 25.0 Å². The zero-order chi connectivity index (χ0) is 19.1. The molecule has 2 amide bonds. The molecule has 6 nitrogen and oxygen atoms in total. The van der Waals surface area contributed by atoms with Crippen molar-refractivity contribution >= 4 is 17.5 Å². The van der Waals surface area contributed by atoms with E-state index in [9.17, 15) is 9.59 Å². The molecule has 1 saturated heterocycles. The van der Waals surface area contributed by atoms with Crippen molar-refractivity contribution in [3.8, 4) is 0 Å². The molecule has 1 aromatic carbocycles. The summed E-state index contributed by atoms with van der Waals surface area (Å²) in [6, 6.07) is 11.4. The number of hydrogen-bond acceptors (Lipinski definition) is 4. The highest BCUT2D eigenvalue weighted by atomic mass is 16.3. The van der Waals surface area contributed by atoms with Crippen LogP contribution in [0.4, 0.5) is 5.69 Å². The van der Waals surface area contributed by atoms with Crippen molar-refractivity contribution in [1.82, 2.24) is 10.2 Å². The Morgan fingerprint density at radius 1 is 1.11 bits per heavy atom. The number of nitrogens with zero attached hydrogens (tertiary/aromatic N) is 1. The second-order valence-corrected chi connectivity index (χ2v) is 7.01. The van der Waals surface area contributed by atoms with E-state index < -0.39 is 11.8 Å². The van der Waals surface area contributed by atoms with E-state index in [1.165, 1.54) is 5.56 Å². The molecular weight excluding hydrogens is 342 g/mol. The highest BCUT2D eigenvalue weighted by Crippen LogP contribution is 2.18. The highest BCUT2D eigenvalue weighted by molar-refractivity contribution is 6.39. The van der Waals surface area contributed by atoms with Gasteiger partial charge in [0.1, 0.15) is 5.76 Å². The van der Waals surface area contributed by atoms with E-state index in [0.29, 0.717) is 18.2 Å². The molecule has 1 aromatic heterocycles. The predicted molar refractivity (Wildman–Crippen MR) is 104 cm³/mol. The number of piperidine rings is 1. The van der Waals surface area contributed by atoms with Gasteiger partial charge in [-0.15, -0.1) is 0 Å². The maximum absolute atomic E-state index is 12.0. The first kappa shape index (κ1) is 19.2. The lowest BCUT2D eigenvalue weighted by atomic mass is 9.96. The zero-order valence-electron chi connectivity index (χ0n) is 15.7. The third kappa shape index (κ3) is 5.69. The lowest BCUT2D eigenvalue weighted by Crippen LogP contribution is -2.41. The van der Waals surface area contributed by atoms with Crippen molar-refractivity contribution in [3.05, 3.63) is 54.0 Å². The van der Waals surface area contributed by atoms with Crippen molar-refractivity contribution in [2.45, 2.75) is 32.7 Å². The standard InChI is InChI=1S/C21H27N3O3/c1-2-16-5-7-18(8-6-16)23-21(26)20(25)22-14-17-9-11-24(12-10-17)15-19-4-3-13-27-19/h3-8,13,17H,2,9-12,14-15H2,1H3,(H,22,25)(H,23,26). The quantitative estimate of drug-likeness (QED) is 0.768. The zero-order valence-corrected chi connectivity index (χ0v) is 15.7. The van der Waals surface area contributed by atoms with Gasteiger partial charge in [0.2, 0.25) is 0 Å². The molecular formula is C21H27N3O3. The van der Waals surface area contributed by atoms with Gasteiger partial charge in [-0.25, -0.2) is 0 Å². The van der Waals surface area contributed by atoms with Gasteiger partial charge in [-0.1, -0.05) is 19.1 Å². The number of furan rings is 1. The molecule has 0 spiro atoms. The van der Waals surface area contributed by atoms with Crippen LogP contribution >= 0.6 is 0 Å². The SMILES string of the molecule is CCc1ccc(NC(=O)C(=O)NCC2CCN(Cc3ccco3)CC2)cc1. The topological polar surface area (TPSA) is 74.6 Å². The first-order valence-electron chi connectivity index (χ1n) is 9.57. The van der Waals surface area contributed by atoms with E-state index in [1.54, 1.807) is 6.26 Å².